The Morgan fingerprint density at radius 2 is 2.06 bits per heavy atom. The van der Waals surface area contributed by atoms with Gasteiger partial charge in [-0.3, -0.25) is 5.26 Å². The maximum atomic E-state index is 11.3. The molecule has 1 aromatic rings. The van der Waals surface area contributed by atoms with Crippen LogP contribution in [0.25, 0.3) is 0 Å². The van der Waals surface area contributed by atoms with E-state index in [4.69, 9.17) is 16.9 Å². The van der Waals surface area contributed by atoms with Gasteiger partial charge >= 0.3 is 10.1 Å². The standard InChI is InChI=1S/C9H11ClO6S/c10-3-4-17(13,14)16-9-2-1-7(6-15-12)5-8(9)11/h1-2,5,11-12H,3-4,6H2. The molecule has 0 aromatic heterocycles. The van der Waals surface area contributed by atoms with E-state index in [1.54, 1.807) is 0 Å². The maximum Gasteiger partial charge on any atom is 0.310 e. The van der Waals surface area contributed by atoms with Crippen LogP contribution in [0.3, 0.4) is 0 Å². The highest BCUT2D eigenvalue weighted by atomic mass is 35.5. The number of rotatable bonds is 6. The second-order valence-corrected chi connectivity index (χ2v) is 5.18. The Morgan fingerprint density at radius 3 is 2.59 bits per heavy atom. The normalized spacial score (nSPS) is 11.4. The molecule has 0 atom stereocenters. The number of benzene rings is 1. The molecule has 6 nitrogen and oxygen atoms in total. The first-order valence-corrected chi connectivity index (χ1v) is 6.66. The molecule has 1 aromatic carbocycles. The van der Waals surface area contributed by atoms with Crippen molar-refractivity contribution in [3.05, 3.63) is 23.8 Å². The van der Waals surface area contributed by atoms with Gasteiger partial charge in [-0.2, -0.15) is 8.42 Å². The summed E-state index contributed by atoms with van der Waals surface area (Å²) in [4.78, 5) is 3.87. The molecule has 0 bridgehead atoms. The van der Waals surface area contributed by atoms with Crippen molar-refractivity contribution in [2.45, 2.75) is 6.61 Å². The molecular weight excluding hydrogens is 272 g/mol. The molecule has 0 heterocycles. The minimum Gasteiger partial charge on any atom is -0.504 e. The summed E-state index contributed by atoms with van der Waals surface area (Å²) in [6.07, 6.45) is 0. The Hall–Kier alpha value is -1.02. The molecule has 0 saturated carbocycles. The molecule has 0 aliphatic rings. The van der Waals surface area contributed by atoms with Crippen LogP contribution in [0.4, 0.5) is 0 Å². The molecule has 8 heteroatoms. The molecule has 0 fully saturated rings. The van der Waals surface area contributed by atoms with Gasteiger partial charge in [-0.1, -0.05) is 6.07 Å². The predicted molar refractivity (Wildman–Crippen MR) is 60.7 cm³/mol. The lowest BCUT2D eigenvalue weighted by molar-refractivity contribution is -0.253. The summed E-state index contributed by atoms with van der Waals surface area (Å²) < 4.78 is 27.2. The van der Waals surface area contributed by atoms with E-state index in [2.05, 4.69) is 9.07 Å². The van der Waals surface area contributed by atoms with E-state index < -0.39 is 10.1 Å². The molecule has 2 N–H and O–H groups in total. The summed E-state index contributed by atoms with van der Waals surface area (Å²) in [5, 5.41) is 17.7. The zero-order valence-corrected chi connectivity index (χ0v) is 10.2. The fraction of sp³-hybridized carbons (Fsp3) is 0.333. The minimum absolute atomic E-state index is 0.0977. The number of alkyl halides is 1. The molecule has 17 heavy (non-hydrogen) atoms. The molecule has 0 amide bonds. The van der Waals surface area contributed by atoms with Crippen molar-refractivity contribution in [1.29, 1.82) is 0 Å². The average Bonchev–Trinajstić information content (AvgIpc) is 2.22. The van der Waals surface area contributed by atoms with Gasteiger partial charge in [-0.25, -0.2) is 4.89 Å². The lowest BCUT2D eigenvalue weighted by atomic mass is 10.2. The van der Waals surface area contributed by atoms with Crippen LogP contribution < -0.4 is 4.18 Å². The summed E-state index contributed by atoms with van der Waals surface area (Å²) in [5.74, 6) is -1.01. The average molecular weight is 283 g/mol. The van der Waals surface area contributed by atoms with Crippen LogP contribution in [0.1, 0.15) is 5.56 Å². The number of hydrogen-bond donors (Lipinski definition) is 2. The maximum absolute atomic E-state index is 11.3. The van der Waals surface area contributed by atoms with Crippen molar-refractivity contribution in [1.82, 2.24) is 0 Å². The van der Waals surface area contributed by atoms with Crippen molar-refractivity contribution in [3.8, 4) is 11.5 Å². The third kappa shape index (κ3) is 4.39. The summed E-state index contributed by atoms with van der Waals surface area (Å²) >= 11 is 5.29. The van der Waals surface area contributed by atoms with Gasteiger partial charge in [-0.05, 0) is 17.7 Å². The molecule has 0 aliphatic carbocycles. The van der Waals surface area contributed by atoms with Gasteiger partial charge < -0.3 is 9.29 Å². The Labute approximate surface area is 103 Å². The van der Waals surface area contributed by atoms with Crippen LogP contribution in [0.15, 0.2) is 18.2 Å². The quantitative estimate of drug-likeness (QED) is 0.354. The number of phenolic OH excluding ortho intramolecular Hbond substituents is 1. The molecule has 0 unspecified atom stereocenters. The van der Waals surface area contributed by atoms with Crippen LogP contribution in [0.5, 0.6) is 11.5 Å². The van der Waals surface area contributed by atoms with Crippen molar-refractivity contribution in [3.63, 3.8) is 0 Å². The number of aromatic hydroxyl groups is 1. The van der Waals surface area contributed by atoms with E-state index in [0.717, 1.165) is 0 Å². The Bertz CT molecular complexity index is 472. The molecule has 1 rings (SSSR count). The van der Waals surface area contributed by atoms with Gasteiger partial charge in [0.1, 0.15) is 6.61 Å². The van der Waals surface area contributed by atoms with Crippen LogP contribution >= 0.6 is 11.6 Å². The van der Waals surface area contributed by atoms with E-state index in [1.807, 2.05) is 0 Å². The van der Waals surface area contributed by atoms with Crippen molar-refractivity contribution in [2.75, 3.05) is 11.6 Å². The Kier molecular flexibility index (Phi) is 5.01. The van der Waals surface area contributed by atoms with Gasteiger partial charge in [0.25, 0.3) is 0 Å². The monoisotopic (exact) mass is 282 g/mol. The first-order valence-electron chi connectivity index (χ1n) is 4.55. The minimum atomic E-state index is -3.80. The van der Waals surface area contributed by atoms with E-state index >= 15 is 0 Å². The van der Waals surface area contributed by atoms with Gasteiger partial charge in [0.2, 0.25) is 0 Å². The number of phenols is 1. The molecule has 96 valence electrons. The highest BCUT2D eigenvalue weighted by molar-refractivity contribution is 7.87. The molecule has 0 aliphatic heterocycles. The lowest BCUT2D eigenvalue weighted by Gasteiger charge is -2.08. The Morgan fingerprint density at radius 1 is 1.35 bits per heavy atom. The fourth-order valence-corrected chi connectivity index (χ4v) is 2.32. The first kappa shape index (κ1) is 14.0. The first-order chi connectivity index (χ1) is 7.98. The summed E-state index contributed by atoms with van der Waals surface area (Å²) in [6.45, 7) is -0.123. The smallest absolute Gasteiger partial charge is 0.310 e. The largest absolute Gasteiger partial charge is 0.504 e. The van der Waals surface area contributed by atoms with Crippen LogP contribution in [0, 0.1) is 0 Å². The van der Waals surface area contributed by atoms with E-state index in [9.17, 15) is 13.5 Å². The Balaban J connectivity index is 2.86. The molecule has 0 radical (unpaired) electrons. The van der Waals surface area contributed by atoms with Crippen LogP contribution in [-0.2, 0) is 21.6 Å². The number of hydrogen-bond acceptors (Lipinski definition) is 6. The highest BCUT2D eigenvalue weighted by Crippen LogP contribution is 2.28. The second-order valence-electron chi connectivity index (χ2n) is 3.11. The highest BCUT2D eigenvalue weighted by Gasteiger charge is 2.15. The lowest BCUT2D eigenvalue weighted by Crippen LogP contribution is -2.14. The summed E-state index contributed by atoms with van der Waals surface area (Å²) in [5.41, 5.74) is 0.465. The molecular formula is C9H11ClO6S. The van der Waals surface area contributed by atoms with E-state index in [1.165, 1.54) is 18.2 Å². The molecule has 0 saturated heterocycles. The third-order valence-electron chi connectivity index (χ3n) is 1.80. The van der Waals surface area contributed by atoms with E-state index in [-0.39, 0.29) is 29.7 Å². The van der Waals surface area contributed by atoms with Gasteiger partial charge in [-0.15, -0.1) is 11.6 Å². The second kappa shape index (κ2) is 6.06. The fourth-order valence-electron chi connectivity index (χ4n) is 1.07. The molecule has 0 spiro atoms. The number of halogens is 1. The van der Waals surface area contributed by atoms with Crippen molar-refractivity contribution < 1.29 is 27.9 Å². The van der Waals surface area contributed by atoms with Crippen molar-refractivity contribution in [2.24, 2.45) is 0 Å². The van der Waals surface area contributed by atoms with Crippen molar-refractivity contribution >= 4 is 21.7 Å². The van der Waals surface area contributed by atoms with E-state index in [0.29, 0.717) is 5.56 Å². The summed E-state index contributed by atoms with van der Waals surface area (Å²) in [7, 11) is -3.80. The predicted octanol–water partition coefficient (Wildman–Crippen LogP) is 1.33. The van der Waals surface area contributed by atoms with Crippen LogP contribution in [0.2, 0.25) is 0 Å². The summed E-state index contributed by atoms with van der Waals surface area (Å²) in [6, 6.07) is 3.93. The van der Waals surface area contributed by atoms with Crippen LogP contribution in [-0.4, -0.2) is 30.4 Å². The zero-order valence-electron chi connectivity index (χ0n) is 8.67. The van der Waals surface area contributed by atoms with Gasteiger partial charge in [0.05, 0.1) is 5.75 Å². The zero-order chi connectivity index (χ0) is 12.9. The SMILES string of the molecule is O=S(=O)(CCCl)Oc1ccc(COO)cc1O. The third-order valence-corrected chi connectivity index (χ3v) is 3.35. The topological polar surface area (TPSA) is 93.1 Å². The van der Waals surface area contributed by atoms with Gasteiger partial charge in [0.15, 0.2) is 11.5 Å². The van der Waals surface area contributed by atoms with Gasteiger partial charge in [0, 0.05) is 5.88 Å².